The van der Waals surface area contributed by atoms with E-state index in [2.05, 4.69) is 0 Å². The summed E-state index contributed by atoms with van der Waals surface area (Å²) in [5, 5.41) is 0. The van der Waals surface area contributed by atoms with Crippen molar-refractivity contribution in [2.75, 3.05) is 6.61 Å². The zero-order valence-corrected chi connectivity index (χ0v) is 13.7. The average molecular weight is 330 g/mol. The van der Waals surface area contributed by atoms with Gasteiger partial charge in [-0.05, 0) is 12.8 Å². The number of carbonyl (C=O) groups is 4. The molecule has 0 aromatic heterocycles. The van der Waals surface area contributed by atoms with Crippen LogP contribution in [0.5, 0.6) is 0 Å². The van der Waals surface area contributed by atoms with Crippen LogP contribution in [-0.2, 0) is 38.1 Å². The van der Waals surface area contributed by atoms with E-state index in [4.69, 9.17) is 18.9 Å². The Bertz CT molecular complexity index is 472. The molecule has 0 saturated heterocycles. The molecule has 1 aliphatic rings. The highest BCUT2D eigenvalue weighted by molar-refractivity contribution is 5.68. The predicted octanol–water partition coefficient (Wildman–Crippen LogP) is 0.755. The molecule has 1 aliphatic carbocycles. The average Bonchev–Trinajstić information content (AvgIpc) is 2.39. The minimum atomic E-state index is -0.936. The molecule has 8 nitrogen and oxygen atoms in total. The van der Waals surface area contributed by atoms with Crippen molar-refractivity contribution in [3.05, 3.63) is 0 Å². The van der Waals surface area contributed by atoms with Gasteiger partial charge in [-0.3, -0.25) is 19.2 Å². The minimum absolute atomic E-state index is 0.0256. The third kappa shape index (κ3) is 6.25. The summed E-state index contributed by atoms with van der Waals surface area (Å²) < 4.78 is 20.6. The van der Waals surface area contributed by atoms with Crippen LogP contribution in [0.3, 0.4) is 0 Å². The van der Waals surface area contributed by atoms with Crippen LogP contribution in [0, 0.1) is 5.92 Å². The van der Waals surface area contributed by atoms with Crippen LogP contribution in [0.15, 0.2) is 0 Å². The molecule has 0 aromatic carbocycles. The second kappa shape index (κ2) is 8.50. The first-order valence-electron chi connectivity index (χ1n) is 7.35. The van der Waals surface area contributed by atoms with Crippen LogP contribution in [0.2, 0.25) is 0 Å². The van der Waals surface area contributed by atoms with Gasteiger partial charge in [-0.15, -0.1) is 0 Å². The van der Waals surface area contributed by atoms with Crippen LogP contribution in [0.4, 0.5) is 0 Å². The SMILES string of the molecule is CC(=O)OCC1CC[C@H](OC(C)=O)[C@@H](OC(C)=O)[C@@H]1OC(C)=O. The van der Waals surface area contributed by atoms with Crippen molar-refractivity contribution in [3.63, 3.8) is 0 Å². The predicted molar refractivity (Wildman–Crippen MR) is 76.0 cm³/mol. The molecular formula is C15H22O8. The third-order valence-corrected chi connectivity index (χ3v) is 3.40. The van der Waals surface area contributed by atoms with Crippen molar-refractivity contribution in [3.8, 4) is 0 Å². The fraction of sp³-hybridized carbons (Fsp3) is 0.733. The maximum absolute atomic E-state index is 11.4. The molecule has 1 saturated carbocycles. The summed E-state index contributed by atoms with van der Waals surface area (Å²) in [4.78, 5) is 45.0. The number of esters is 4. The molecular weight excluding hydrogens is 308 g/mol. The Morgan fingerprint density at radius 1 is 0.739 bits per heavy atom. The van der Waals surface area contributed by atoms with E-state index < -0.39 is 42.2 Å². The van der Waals surface area contributed by atoms with Gasteiger partial charge < -0.3 is 18.9 Å². The number of rotatable bonds is 5. The lowest BCUT2D eigenvalue weighted by Crippen LogP contribution is -2.53. The van der Waals surface area contributed by atoms with Gasteiger partial charge in [-0.25, -0.2) is 0 Å². The van der Waals surface area contributed by atoms with Gasteiger partial charge in [0.15, 0.2) is 6.10 Å². The van der Waals surface area contributed by atoms with E-state index in [1.54, 1.807) is 0 Å². The zero-order valence-electron chi connectivity index (χ0n) is 13.7. The van der Waals surface area contributed by atoms with Gasteiger partial charge in [-0.2, -0.15) is 0 Å². The quantitative estimate of drug-likeness (QED) is 0.537. The molecule has 0 N–H and O–H groups in total. The van der Waals surface area contributed by atoms with Gasteiger partial charge in [0.2, 0.25) is 0 Å². The molecule has 8 heteroatoms. The summed E-state index contributed by atoms with van der Waals surface area (Å²) in [6.45, 7) is 4.98. The highest BCUT2D eigenvalue weighted by atomic mass is 16.6. The number of hydrogen-bond donors (Lipinski definition) is 0. The molecule has 0 amide bonds. The second-order valence-electron chi connectivity index (χ2n) is 5.44. The van der Waals surface area contributed by atoms with Crippen molar-refractivity contribution >= 4 is 23.9 Å². The first-order valence-corrected chi connectivity index (χ1v) is 7.35. The topological polar surface area (TPSA) is 105 Å². The van der Waals surface area contributed by atoms with Crippen LogP contribution in [0.25, 0.3) is 0 Å². The molecule has 0 radical (unpaired) electrons. The molecule has 4 atom stereocenters. The maximum Gasteiger partial charge on any atom is 0.303 e. The number of ether oxygens (including phenoxy) is 4. The summed E-state index contributed by atoms with van der Waals surface area (Å²) in [6, 6.07) is 0. The van der Waals surface area contributed by atoms with Crippen LogP contribution < -0.4 is 0 Å². The summed E-state index contributed by atoms with van der Waals surface area (Å²) in [5.74, 6) is -2.48. The lowest BCUT2D eigenvalue weighted by Gasteiger charge is -2.40. The van der Waals surface area contributed by atoms with Gasteiger partial charge in [0.05, 0.1) is 6.61 Å². The minimum Gasteiger partial charge on any atom is -0.465 e. The Kier molecular flexibility index (Phi) is 6.99. The Morgan fingerprint density at radius 3 is 1.74 bits per heavy atom. The van der Waals surface area contributed by atoms with Crippen molar-refractivity contribution in [1.29, 1.82) is 0 Å². The molecule has 0 aromatic rings. The molecule has 1 rings (SSSR count). The van der Waals surface area contributed by atoms with Crippen molar-refractivity contribution in [2.24, 2.45) is 5.92 Å². The lowest BCUT2D eigenvalue weighted by atomic mass is 9.82. The van der Waals surface area contributed by atoms with Crippen molar-refractivity contribution < 1.29 is 38.1 Å². The molecule has 23 heavy (non-hydrogen) atoms. The standard InChI is InChI=1S/C15H22O8/c1-8(16)20-7-12-5-6-13(21-9(2)17)15(23-11(4)19)14(12)22-10(3)18/h12-15H,5-7H2,1-4H3/t12?,13-,14+,15+/m0/s1. The monoisotopic (exact) mass is 330 g/mol. The van der Waals surface area contributed by atoms with Crippen LogP contribution in [0.1, 0.15) is 40.5 Å². The van der Waals surface area contributed by atoms with E-state index in [0.717, 1.165) is 0 Å². The van der Waals surface area contributed by atoms with Crippen molar-refractivity contribution in [2.45, 2.75) is 58.8 Å². The summed E-state index contributed by atoms with van der Waals surface area (Å²) >= 11 is 0. The Labute approximate surface area is 134 Å². The van der Waals surface area contributed by atoms with Gasteiger partial charge in [0.25, 0.3) is 0 Å². The second-order valence-corrected chi connectivity index (χ2v) is 5.44. The highest BCUT2D eigenvalue weighted by Crippen LogP contribution is 2.32. The Morgan fingerprint density at radius 2 is 1.26 bits per heavy atom. The summed E-state index contributed by atoms with van der Waals surface area (Å²) in [5.41, 5.74) is 0. The normalized spacial score (nSPS) is 26.8. The summed E-state index contributed by atoms with van der Waals surface area (Å²) in [6.07, 6.45) is -1.61. The fourth-order valence-electron chi connectivity index (χ4n) is 2.62. The Hall–Kier alpha value is -2.12. The molecule has 0 bridgehead atoms. The van der Waals surface area contributed by atoms with Gasteiger partial charge >= 0.3 is 23.9 Å². The maximum atomic E-state index is 11.4. The Balaban J connectivity index is 2.98. The van der Waals surface area contributed by atoms with Gasteiger partial charge in [-0.1, -0.05) is 0 Å². The first kappa shape index (κ1) is 18.9. The fourth-order valence-corrected chi connectivity index (χ4v) is 2.62. The zero-order chi connectivity index (χ0) is 17.6. The van der Waals surface area contributed by atoms with E-state index in [-0.39, 0.29) is 12.5 Å². The molecule has 0 heterocycles. The van der Waals surface area contributed by atoms with Crippen LogP contribution >= 0.6 is 0 Å². The van der Waals surface area contributed by atoms with Gasteiger partial charge in [0.1, 0.15) is 12.2 Å². The van der Waals surface area contributed by atoms with Gasteiger partial charge in [0, 0.05) is 33.6 Å². The third-order valence-electron chi connectivity index (χ3n) is 3.40. The molecule has 0 spiro atoms. The number of hydrogen-bond acceptors (Lipinski definition) is 8. The van der Waals surface area contributed by atoms with E-state index in [0.29, 0.717) is 12.8 Å². The molecule has 130 valence electrons. The van der Waals surface area contributed by atoms with E-state index in [1.165, 1.54) is 27.7 Å². The first-order chi connectivity index (χ1) is 10.7. The van der Waals surface area contributed by atoms with E-state index in [9.17, 15) is 19.2 Å². The largest absolute Gasteiger partial charge is 0.465 e. The molecule has 1 fully saturated rings. The van der Waals surface area contributed by atoms with Crippen LogP contribution in [-0.4, -0.2) is 48.8 Å². The lowest BCUT2D eigenvalue weighted by molar-refractivity contribution is -0.199. The smallest absolute Gasteiger partial charge is 0.303 e. The van der Waals surface area contributed by atoms with E-state index >= 15 is 0 Å². The highest BCUT2D eigenvalue weighted by Gasteiger charge is 2.46. The molecule has 0 aliphatic heterocycles. The van der Waals surface area contributed by atoms with E-state index in [1.807, 2.05) is 0 Å². The molecule has 1 unspecified atom stereocenters. The summed E-state index contributed by atoms with van der Waals surface area (Å²) in [7, 11) is 0. The van der Waals surface area contributed by atoms with Crippen molar-refractivity contribution in [1.82, 2.24) is 0 Å². The number of carbonyl (C=O) groups excluding carboxylic acids is 4.